The molecule has 0 heterocycles. The van der Waals surface area contributed by atoms with Gasteiger partial charge in [0, 0.05) is 13.1 Å². The lowest BCUT2D eigenvalue weighted by Crippen LogP contribution is -2.49. The van der Waals surface area contributed by atoms with Gasteiger partial charge in [-0.3, -0.25) is 9.59 Å². The average molecular weight is 411 g/mol. The van der Waals surface area contributed by atoms with Gasteiger partial charge in [-0.2, -0.15) is 0 Å². The summed E-state index contributed by atoms with van der Waals surface area (Å²) < 4.78 is 5.93. The second-order valence-corrected chi connectivity index (χ2v) is 8.61. The van der Waals surface area contributed by atoms with E-state index in [0.29, 0.717) is 18.8 Å². The average Bonchev–Trinajstić information content (AvgIpc) is 2.70. The highest BCUT2D eigenvalue weighted by atomic mass is 16.5. The Morgan fingerprint density at radius 3 is 2.30 bits per heavy atom. The summed E-state index contributed by atoms with van der Waals surface area (Å²) in [4.78, 5) is 27.1. The third-order valence-electron chi connectivity index (χ3n) is 5.04. The number of rotatable bonds is 8. The normalized spacial score (nSPS) is 12.2. The second-order valence-electron chi connectivity index (χ2n) is 8.61. The van der Waals surface area contributed by atoms with E-state index in [0.717, 1.165) is 16.7 Å². The van der Waals surface area contributed by atoms with Crippen molar-refractivity contribution in [2.45, 2.75) is 59.5 Å². The Balaban J connectivity index is 2.20. The molecule has 0 fully saturated rings. The molecule has 1 unspecified atom stereocenters. The highest BCUT2D eigenvalue weighted by Gasteiger charge is 2.27. The van der Waals surface area contributed by atoms with E-state index >= 15 is 0 Å². The zero-order valence-electron chi connectivity index (χ0n) is 19.0. The minimum absolute atomic E-state index is 0.102. The maximum absolute atomic E-state index is 13.1. The largest absolute Gasteiger partial charge is 0.483 e. The molecule has 2 aromatic rings. The number of likely N-dealkylation sites (N-methyl/N-ethyl adjacent to an activating group) is 1. The first-order valence-electron chi connectivity index (χ1n) is 10.5. The van der Waals surface area contributed by atoms with Crippen LogP contribution in [0.25, 0.3) is 0 Å². The van der Waals surface area contributed by atoms with Gasteiger partial charge in [0.1, 0.15) is 11.8 Å². The number of carbonyl (C=O) groups excluding carboxylic acids is 2. The monoisotopic (exact) mass is 410 g/mol. The van der Waals surface area contributed by atoms with Crippen LogP contribution in [-0.4, -0.2) is 35.9 Å². The van der Waals surface area contributed by atoms with Crippen molar-refractivity contribution >= 4 is 11.8 Å². The summed E-state index contributed by atoms with van der Waals surface area (Å²) in [6.45, 7) is 12.7. The maximum Gasteiger partial charge on any atom is 0.261 e. The summed E-state index contributed by atoms with van der Waals surface area (Å²) >= 11 is 0. The summed E-state index contributed by atoms with van der Waals surface area (Å²) in [5.41, 5.74) is 3.06. The highest BCUT2D eigenvalue weighted by molar-refractivity contribution is 5.87. The Morgan fingerprint density at radius 2 is 1.70 bits per heavy atom. The molecule has 1 N–H and O–H groups in total. The molecular weight excluding hydrogens is 376 g/mol. The van der Waals surface area contributed by atoms with Crippen LogP contribution in [0.15, 0.2) is 48.5 Å². The zero-order valence-corrected chi connectivity index (χ0v) is 19.0. The summed E-state index contributed by atoms with van der Waals surface area (Å²) in [7, 11) is 0. The summed E-state index contributed by atoms with van der Waals surface area (Å²) in [6, 6.07) is 15.1. The van der Waals surface area contributed by atoms with Gasteiger partial charge in [-0.05, 0) is 43.4 Å². The number of nitrogens with zero attached hydrogens (tertiary/aromatic N) is 1. The molecule has 2 amide bonds. The van der Waals surface area contributed by atoms with Crippen LogP contribution < -0.4 is 10.1 Å². The highest BCUT2D eigenvalue weighted by Crippen LogP contribution is 2.31. The van der Waals surface area contributed by atoms with Crippen molar-refractivity contribution in [1.29, 1.82) is 0 Å². The molecule has 5 heteroatoms. The lowest BCUT2D eigenvalue weighted by molar-refractivity contribution is -0.142. The fraction of sp³-hybridized carbons (Fsp3) is 0.440. The van der Waals surface area contributed by atoms with Crippen molar-refractivity contribution in [2.75, 3.05) is 13.2 Å². The quantitative estimate of drug-likeness (QED) is 0.709. The SMILES string of the molecule is CCNC(=O)C(C)N(Cc1ccc(C)cc1)C(=O)COc1ccccc1C(C)(C)C. The molecular formula is C25H34N2O3. The van der Waals surface area contributed by atoms with Gasteiger partial charge in [0.25, 0.3) is 5.91 Å². The number of aryl methyl sites for hydroxylation is 1. The van der Waals surface area contributed by atoms with E-state index in [-0.39, 0.29) is 23.8 Å². The zero-order chi connectivity index (χ0) is 22.3. The number of ether oxygens (including phenoxy) is 1. The van der Waals surface area contributed by atoms with Crippen molar-refractivity contribution in [3.8, 4) is 5.75 Å². The predicted octanol–water partition coefficient (Wildman–Crippen LogP) is 4.22. The first-order chi connectivity index (χ1) is 14.1. The summed E-state index contributed by atoms with van der Waals surface area (Å²) in [6.07, 6.45) is 0. The molecule has 0 radical (unpaired) electrons. The molecule has 0 aliphatic carbocycles. The standard InChI is InChI=1S/C25H34N2O3/c1-7-26-24(29)19(3)27(16-20-14-12-18(2)13-15-20)23(28)17-30-22-11-9-8-10-21(22)25(4,5)6/h8-15,19H,7,16-17H2,1-6H3,(H,26,29). The van der Waals surface area contributed by atoms with Gasteiger partial charge >= 0.3 is 0 Å². The van der Waals surface area contributed by atoms with E-state index in [1.54, 1.807) is 11.8 Å². The first-order valence-corrected chi connectivity index (χ1v) is 10.5. The van der Waals surface area contributed by atoms with E-state index in [1.165, 1.54) is 0 Å². The fourth-order valence-electron chi connectivity index (χ4n) is 3.23. The minimum atomic E-state index is -0.597. The van der Waals surface area contributed by atoms with Crippen LogP contribution in [0.2, 0.25) is 0 Å². The number of amides is 2. The Hall–Kier alpha value is -2.82. The smallest absolute Gasteiger partial charge is 0.261 e. The number of nitrogens with one attached hydrogen (secondary N) is 1. The maximum atomic E-state index is 13.1. The summed E-state index contributed by atoms with van der Waals surface area (Å²) in [5.74, 6) is 0.297. The molecule has 5 nitrogen and oxygen atoms in total. The van der Waals surface area contributed by atoms with Crippen LogP contribution in [0.4, 0.5) is 0 Å². The van der Waals surface area contributed by atoms with Crippen molar-refractivity contribution in [1.82, 2.24) is 10.2 Å². The third-order valence-corrected chi connectivity index (χ3v) is 5.04. The van der Waals surface area contributed by atoms with Crippen molar-refractivity contribution in [3.63, 3.8) is 0 Å². The third kappa shape index (κ3) is 6.34. The molecule has 2 rings (SSSR count). The molecule has 0 aliphatic heterocycles. The van der Waals surface area contributed by atoms with E-state index in [4.69, 9.17) is 4.74 Å². The van der Waals surface area contributed by atoms with Crippen LogP contribution in [0.3, 0.4) is 0 Å². The number of hydrogen-bond acceptors (Lipinski definition) is 3. The van der Waals surface area contributed by atoms with Gasteiger partial charge in [0.2, 0.25) is 5.91 Å². The molecule has 0 aliphatic rings. The molecule has 0 bridgehead atoms. The molecule has 162 valence electrons. The lowest BCUT2D eigenvalue weighted by atomic mass is 9.86. The van der Waals surface area contributed by atoms with Gasteiger partial charge < -0.3 is 15.0 Å². The molecule has 0 saturated heterocycles. The van der Waals surface area contributed by atoms with E-state index < -0.39 is 6.04 Å². The van der Waals surface area contributed by atoms with Crippen molar-refractivity contribution < 1.29 is 14.3 Å². The molecule has 0 spiro atoms. The minimum Gasteiger partial charge on any atom is -0.483 e. The molecule has 0 saturated carbocycles. The molecule has 2 aromatic carbocycles. The van der Waals surface area contributed by atoms with Crippen LogP contribution in [-0.2, 0) is 21.5 Å². The Bertz CT molecular complexity index is 853. The number of para-hydroxylation sites is 1. The van der Waals surface area contributed by atoms with Crippen molar-refractivity contribution in [2.24, 2.45) is 0 Å². The van der Waals surface area contributed by atoms with Crippen LogP contribution in [0, 0.1) is 6.92 Å². The van der Waals surface area contributed by atoms with Gasteiger partial charge in [-0.25, -0.2) is 0 Å². The molecule has 30 heavy (non-hydrogen) atoms. The van der Waals surface area contributed by atoms with Crippen molar-refractivity contribution in [3.05, 3.63) is 65.2 Å². The van der Waals surface area contributed by atoms with E-state index in [9.17, 15) is 9.59 Å². The Morgan fingerprint density at radius 1 is 1.07 bits per heavy atom. The van der Waals surface area contributed by atoms with Gasteiger partial charge in [0.05, 0.1) is 0 Å². The van der Waals surface area contributed by atoms with Gasteiger partial charge in [-0.1, -0.05) is 68.8 Å². The molecule has 0 aromatic heterocycles. The van der Waals surface area contributed by atoms with Gasteiger partial charge in [-0.15, -0.1) is 0 Å². The van der Waals surface area contributed by atoms with E-state index in [2.05, 4.69) is 26.1 Å². The Labute approximate surface area is 180 Å². The number of carbonyl (C=O) groups is 2. The first kappa shape index (κ1) is 23.5. The summed E-state index contributed by atoms with van der Waals surface area (Å²) in [5, 5.41) is 2.80. The molecule has 1 atom stereocenters. The number of hydrogen-bond donors (Lipinski definition) is 1. The number of benzene rings is 2. The van der Waals surface area contributed by atoms with Crippen LogP contribution >= 0.6 is 0 Å². The second kappa shape index (κ2) is 10.3. The fourth-order valence-corrected chi connectivity index (χ4v) is 3.23. The van der Waals surface area contributed by atoms with Crippen LogP contribution in [0.5, 0.6) is 5.75 Å². The van der Waals surface area contributed by atoms with Gasteiger partial charge in [0.15, 0.2) is 6.61 Å². The topological polar surface area (TPSA) is 58.6 Å². The van der Waals surface area contributed by atoms with E-state index in [1.807, 2.05) is 62.4 Å². The van der Waals surface area contributed by atoms with Crippen LogP contribution in [0.1, 0.15) is 51.3 Å². The predicted molar refractivity (Wildman–Crippen MR) is 121 cm³/mol. The lowest BCUT2D eigenvalue weighted by Gasteiger charge is -2.29. The Kier molecular flexibility index (Phi) is 8.04.